The summed E-state index contributed by atoms with van der Waals surface area (Å²) in [6, 6.07) is 3.46. The molecule has 98 valence electrons. The molecule has 2 rings (SSSR count). The molecule has 6 nitrogen and oxygen atoms in total. The monoisotopic (exact) mass is 251 g/mol. The molecule has 0 spiro atoms. The van der Waals surface area contributed by atoms with E-state index in [2.05, 4.69) is 10.6 Å². The smallest absolute Gasteiger partial charge is 0.262 e. The van der Waals surface area contributed by atoms with Gasteiger partial charge in [0.2, 0.25) is 0 Å². The Kier molecular flexibility index (Phi) is 3.88. The third-order valence-corrected chi connectivity index (χ3v) is 2.68. The molecule has 18 heavy (non-hydrogen) atoms. The zero-order valence-corrected chi connectivity index (χ0v) is 10.0. The maximum Gasteiger partial charge on any atom is 0.262 e. The van der Waals surface area contributed by atoms with Gasteiger partial charge in [0, 0.05) is 19.2 Å². The van der Waals surface area contributed by atoms with Crippen molar-refractivity contribution in [3.63, 3.8) is 0 Å². The predicted octanol–water partition coefficient (Wildman–Crippen LogP) is 0.784. The van der Waals surface area contributed by atoms with E-state index < -0.39 is 0 Å². The summed E-state index contributed by atoms with van der Waals surface area (Å²) >= 11 is 0. The Morgan fingerprint density at radius 3 is 3.06 bits per heavy atom. The largest absolute Gasteiger partial charge is 0.482 e. The predicted molar refractivity (Wildman–Crippen MR) is 69.8 cm³/mol. The number of amides is 1. The van der Waals surface area contributed by atoms with Crippen LogP contribution in [0.4, 0.5) is 17.1 Å². The summed E-state index contributed by atoms with van der Waals surface area (Å²) in [5.41, 5.74) is 7.86. The molecule has 1 aliphatic heterocycles. The molecular weight excluding hydrogens is 234 g/mol. The number of nitrogen functional groups attached to an aromatic ring is 1. The van der Waals surface area contributed by atoms with Gasteiger partial charge in [-0.05, 0) is 18.9 Å². The molecule has 6 heteroatoms. The summed E-state index contributed by atoms with van der Waals surface area (Å²) in [4.78, 5) is 11.2. The number of hydrogen-bond donors (Lipinski definition) is 4. The van der Waals surface area contributed by atoms with E-state index in [-0.39, 0.29) is 19.1 Å². The quantitative estimate of drug-likeness (QED) is 0.458. The van der Waals surface area contributed by atoms with E-state index in [1.54, 1.807) is 12.1 Å². The first-order valence-electron chi connectivity index (χ1n) is 5.91. The van der Waals surface area contributed by atoms with Crippen LogP contribution >= 0.6 is 0 Å². The van der Waals surface area contributed by atoms with Gasteiger partial charge < -0.3 is 26.2 Å². The van der Waals surface area contributed by atoms with Crippen molar-refractivity contribution in [2.75, 3.05) is 36.1 Å². The summed E-state index contributed by atoms with van der Waals surface area (Å²) in [5, 5.41) is 14.6. The summed E-state index contributed by atoms with van der Waals surface area (Å²) in [6.45, 7) is 0.930. The first-order chi connectivity index (χ1) is 8.70. The van der Waals surface area contributed by atoms with Gasteiger partial charge >= 0.3 is 0 Å². The van der Waals surface area contributed by atoms with Gasteiger partial charge in [0.05, 0.1) is 17.1 Å². The first-order valence-corrected chi connectivity index (χ1v) is 5.91. The molecule has 0 aliphatic carbocycles. The van der Waals surface area contributed by atoms with Gasteiger partial charge in [-0.3, -0.25) is 4.79 Å². The van der Waals surface area contributed by atoms with Gasteiger partial charge in [0.1, 0.15) is 5.75 Å². The maximum atomic E-state index is 11.2. The van der Waals surface area contributed by atoms with Crippen LogP contribution in [-0.4, -0.2) is 30.8 Å². The van der Waals surface area contributed by atoms with Crippen molar-refractivity contribution in [1.82, 2.24) is 0 Å². The zero-order valence-electron chi connectivity index (χ0n) is 10.0. The van der Waals surface area contributed by atoms with Crippen LogP contribution < -0.4 is 21.1 Å². The molecule has 0 saturated carbocycles. The number of aliphatic hydroxyl groups excluding tert-OH is 1. The molecule has 0 atom stereocenters. The topological polar surface area (TPSA) is 96.6 Å². The molecule has 5 N–H and O–H groups in total. The molecule has 1 aromatic carbocycles. The lowest BCUT2D eigenvalue weighted by molar-refractivity contribution is -0.118. The summed E-state index contributed by atoms with van der Waals surface area (Å²) in [6.07, 6.45) is 1.60. The number of ether oxygens (including phenoxy) is 1. The minimum atomic E-state index is -0.168. The molecule has 0 saturated heterocycles. The first kappa shape index (κ1) is 12.5. The van der Waals surface area contributed by atoms with E-state index in [1.807, 2.05) is 0 Å². The van der Waals surface area contributed by atoms with Crippen molar-refractivity contribution < 1.29 is 14.6 Å². The molecule has 1 amide bonds. The van der Waals surface area contributed by atoms with E-state index in [1.165, 1.54) is 0 Å². The van der Waals surface area contributed by atoms with E-state index in [0.29, 0.717) is 17.1 Å². The molecule has 0 unspecified atom stereocenters. The van der Waals surface area contributed by atoms with Crippen LogP contribution in [0.2, 0.25) is 0 Å². The third-order valence-electron chi connectivity index (χ3n) is 2.68. The molecule has 1 heterocycles. The number of unbranched alkanes of at least 4 members (excludes halogenated alkanes) is 1. The van der Waals surface area contributed by atoms with E-state index in [9.17, 15) is 4.79 Å². The maximum absolute atomic E-state index is 11.2. The fraction of sp³-hybridized carbons (Fsp3) is 0.417. The summed E-state index contributed by atoms with van der Waals surface area (Å²) < 4.78 is 5.26. The highest BCUT2D eigenvalue weighted by Gasteiger charge is 2.17. The molecule has 0 aromatic heterocycles. The van der Waals surface area contributed by atoms with Gasteiger partial charge in [-0.15, -0.1) is 0 Å². The highest BCUT2D eigenvalue weighted by atomic mass is 16.5. The lowest BCUT2D eigenvalue weighted by atomic mass is 10.2. The van der Waals surface area contributed by atoms with Crippen molar-refractivity contribution in [3.05, 3.63) is 12.1 Å². The molecule has 0 fully saturated rings. The number of nitrogens with one attached hydrogen (secondary N) is 2. The number of hydrogen-bond acceptors (Lipinski definition) is 5. The zero-order chi connectivity index (χ0) is 13.0. The Balaban J connectivity index is 2.06. The number of rotatable bonds is 5. The van der Waals surface area contributed by atoms with Crippen molar-refractivity contribution in [1.29, 1.82) is 0 Å². The van der Waals surface area contributed by atoms with Crippen LogP contribution in [-0.2, 0) is 4.79 Å². The molecule has 1 aromatic rings. The summed E-state index contributed by atoms with van der Waals surface area (Å²) in [7, 11) is 0. The molecule has 0 radical (unpaired) electrons. The number of anilines is 3. The number of aliphatic hydroxyl groups is 1. The van der Waals surface area contributed by atoms with Crippen molar-refractivity contribution in [3.8, 4) is 5.75 Å². The highest BCUT2D eigenvalue weighted by Crippen LogP contribution is 2.35. The second kappa shape index (κ2) is 5.59. The number of carbonyl (C=O) groups is 1. The molecular formula is C12H17N3O3. The standard InChI is InChI=1S/C12H17N3O3/c13-8-5-11-10(15-12(17)7-18-11)6-9(8)14-3-1-2-4-16/h5-6,14,16H,1-4,7,13H2,(H,15,17). The van der Waals surface area contributed by atoms with Gasteiger partial charge in [0.25, 0.3) is 5.91 Å². The molecule has 1 aliphatic rings. The van der Waals surface area contributed by atoms with Crippen molar-refractivity contribution >= 4 is 23.0 Å². The number of carbonyl (C=O) groups excluding carboxylic acids is 1. The van der Waals surface area contributed by atoms with Crippen molar-refractivity contribution in [2.24, 2.45) is 0 Å². The average molecular weight is 251 g/mol. The Morgan fingerprint density at radius 1 is 1.44 bits per heavy atom. The van der Waals surface area contributed by atoms with E-state index >= 15 is 0 Å². The van der Waals surface area contributed by atoms with Crippen LogP contribution in [0, 0.1) is 0 Å². The Labute approximate surface area is 105 Å². The lowest BCUT2D eigenvalue weighted by Crippen LogP contribution is -2.25. The second-order valence-electron chi connectivity index (χ2n) is 4.13. The minimum Gasteiger partial charge on any atom is -0.482 e. The SMILES string of the molecule is Nc1cc2c(cc1NCCCCO)NC(=O)CO2. The van der Waals surface area contributed by atoms with Gasteiger partial charge in [-0.1, -0.05) is 0 Å². The fourth-order valence-corrected chi connectivity index (χ4v) is 1.76. The van der Waals surface area contributed by atoms with Crippen LogP contribution in [0.25, 0.3) is 0 Å². The minimum absolute atomic E-state index is 0.0235. The Hall–Kier alpha value is -1.95. The number of fused-ring (bicyclic) bond motifs is 1. The normalized spacial score (nSPS) is 13.5. The van der Waals surface area contributed by atoms with Gasteiger partial charge in [-0.25, -0.2) is 0 Å². The van der Waals surface area contributed by atoms with Crippen LogP contribution in [0.15, 0.2) is 12.1 Å². The van der Waals surface area contributed by atoms with Crippen LogP contribution in [0.3, 0.4) is 0 Å². The molecule has 0 bridgehead atoms. The van der Waals surface area contributed by atoms with Crippen molar-refractivity contribution in [2.45, 2.75) is 12.8 Å². The van der Waals surface area contributed by atoms with Crippen LogP contribution in [0.5, 0.6) is 5.75 Å². The lowest BCUT2D eigenvalue weighted by Gasteiger charge is -2.20. The fourth-order valence-electron chi connectivity index (χ4n) is 1.76. The third kappa shape index (κ3) is 2.84. The average Bonchev–Trinajstić information content (AvgIpc) is 2.35. The summed E-state index contributed by atoms with van der Waals surface area (Å²) in [5.74, 6) is 0.423. The number of nitrogens with two attached hydrogens (primary N) is 1. The van der Waals surface area contributed by atoms with Gasteiger partial charge in [-0.2, -0.15) is 0 Å². The van der Waals surface area contributed by atoms with E-state index in [0.717, 1.165) is 25.1 Å². The Morgan fingerprint density at radius 2 is 2.28 bits per heavy atom. The highest BCUT2D eigenvalue weighted by molar-refractivity contribution is 5.97. The second-order valence-corrected chi connectivity index (χ2v) is 4.13. The Bertz CT molecular complexity index is 448. The van der Waals surface area contributed by atoms with E-state index in [4.69, 9.17) is 15.6 Å². The number of benzene rings is 1. The van der Waals surface area contributed by atoms with Gasteiger partial charge in [0.15, 0.2) is 6.61 Å². The van der Waals surface area contributed by atoms with Crippen LogP contribution in [0.1, 0.15) is 12.8 Å².